The molecule has 6 heteroatoms. The van der Waals surface area contributed by atoms with E-state index in [-0.39, 0.29) is 5.91 Å². The summed E-state index contributed by atoms with van der Waals surface area (Å²) in [6.45, 7) is 3.10. The molecule has 0 aliphatic heterocycles. The molecule has 1 fully saturated rings. The van der Waals surface area contributed by atoms with Gasteiger partial charge in [0.25, 0.3) is 5.91 Å². The van der Waals surface area contributed by atoms with Gasteiger partial charge in [-0.15, -0.1) is 0 Å². The van der Waals surface area contributed by atoms with Crippen LogP contribution in [0.25, 0.3) is 0 Å². The molecule has 1 aliphatic carbocycles. The van der Waals surface area contributed by atoms with Gasteiger partial charge in [0.05, 0.1) is 11.8 Å². The molecule has 1 saturated carbocycles. The van der Waals surface area contributed by atoms with Crippen molar-refractivity contribution < 1.29 is 9.90 Å². The second-order valence-corrected chi connectivity index (χ2v) is 5.70. The zero-order valence-corrected chi connectivity index (χ0v) is 11.3. The molecule has 0 radical (unpaired) electrons. The highest BCUT2D eigenvalue weighted by Gasteiger charge is 2.31. The Labute approximate surface area is 111 Å². The van der Waals surface area contributed by atoms with E-state index in [9.17, 15) is 9.90 Å². The van der Waals surface area contributed by atoms with E-state index in [1.54, 1.807) is 6.20 Å². The van der Waals surface area contributed by atoms with Crippen molar-refractivity contribution in [1.82, 2.24) is 10.3 Å². The minimum absolute atomic E-state index is 0.156. The molecule has 0 aromatic carbocycles. The summed E-state index contributed by atoms with van der Waals surface area (Å²) in [5.74, 6) is -0.156. The number of anilines is 1. The van der Waals surface area contributed by atoms with Gasteiger partial charge in [0.15, 0.2) is 5.13 Å². The Bertz CT molecular complexity index is 413. The van der Waals surface area contributed by atoms with Crippen molar-refractivity contribution in [2.75, 3.05) is 18.4 Å². The third kappa shape index (κ3) is 3.20. The van der Waals surface area contributed by atoms with Gasteiger partial charge < -0.3 is 15.7 Å². The van der Waals surface area contributed by atoms with Gasteiger partial charge in [-0.05, 0) is 19.8 Å². The highest BCUT2D eigenvalue weighted by atomic mass is 32.1. The summed E-state index contributed by atoms with van der Waals surface area (Å²) in [4.78, 5) is 16.6. The fraction of sp³-hybridized carbons (Fsp3) is 0.667. The van der Waals surface area contributed by atoms with Crippen molar-refractivity contribution in [1.29, 1.82) is 0 Å². The number of hydrogen-bond donors (Lipinski definition) is 3. The number of hydrogen-bond acceptors (Lipinski definition) is 5. The Kier molecular flexibility index (Phi) is 4.19. The number of rotatable bonds is 5. The van der Waals surface area contributed by atoms with Crippen LogP contribution in [0, 0.1) is 0 Å². The summed E-state index contributed by atoms with van der Waals surface area (Å²) < 4.78 is 0. The van der Waals surface area contributed by atoms with Crippen LogP contribution in [0.15, 0.2) is 6.20 Å². The van der Waals surface area contributed by atoms with Gasteiger partial charge in [-0.1, -0.05) is 24.2 Å². The van der Waals surface area contributed by atoms with Crippen molar-refractivity contribution >= 4 is 22.4 Å². The van der Waals surface area contributed by atoms with E-state index in [2.05, 4.69) is 15.6 Å². The maximum absolute atomic E-state index is 11.9. The Morgan fingerprint density at radius 3 is 2.94 bits per heavy atom. The lowest BCUT2D eigenvalue weighted by atomic mass is 10.0. The number of thiazole rings is 1. The highest BCUT2D eigenvalue weighted by Crippen LogP contribution is 2.28. The molecule has 3 N–H and O–H groups in total. The van der Waals surface area contributed by atoms with Gasteiger partial charge in [-0.2, -0.15) is 0 Å². The molecule has 18 heavy (non-hydrogen) atoms. The van der Waals surface area contributed by atoms with Crippen LogP contribution in [0.4, 0.5) is 5.13 Å². The number of carbonyl (C=O) groups is 1. The van der Waals surface area contributed by atoms with Crippen LogP contribution in [0.2, 0.25) is 0 Å². The summed E-state index contributed by atoms with van der Waals surface area (Å²) in [5.41, 5.74) is -0.704. The zero-order chi connectivity index (χ0) is 13.0. The monoisotopic (exact) mass is 269 g/mol. The lowest BCUT2D eigenvalue weighted by molar-refractivity contribution is 0.0450. The van der Waals surface area contributed by atoms with E-state index >= 15 is 0 Å². The Hall–Kier alpha value is -1.14. The average Bonchev–Trinajstić information content (AvgIpc) is 2.97. The maximum Gasteiger partial charge on any atom is 0.263 e. The third-order valence-corrected chi connectivity index (χ3v) is 4.12. The quantitative estimate of drug-likeness (QED) is 0.759. The number of amides is 1. The van der Waals surface area contributed by atoms with Gasteiger partial charge in [0, 0.05) is 13.1 Å². The first-order valence-corrected chi connectivity index (χ1v) is 7.15. The molecule has 0 saturated heterocycles. The van der Waals surface area contributed by atoms with Gasteiger partial charge in [-0.25, -0.2) is 4.98 Å². The predicted octanol–water partition coefficient (Wildman–Crippen LogP) is 1.61. The smallest absolute Gasteiger partial charge is 0.263 e. The van der Waals surface area contributed by atoms with E-state index in [0.29, 0.717) is 11.4 Å². The maximum atomic E-state index is 11.9. The molecule has 100 valence electrons. The van der Waals surface area contributed by atoms with E-state index < -0.39 is 5.60 Å². The molecule has 0 bridgehead atoms. The summed E-state index contributed by atoms with van der Waals surface area (Å²) in [6, 6.07) is 0. The summed E-state index contributed by atoms with van der Waals surface area (Å²) in [5, 5.41) is 16.7. The predicted molar refractivity (Wildman–Crippen MR) is 72.0 cm³/mol. The van der Waals surface area contributed by atoms with Gasteiger partial charge in [-0.3, -0.25) is 4.79 Å². The molecule has 1 heterocycles. The number of nitrogens with one attached hydrogen (secondary N) is 2. The summed E-state index contributed by atoms with van der Waals surface area (Å²) in [7, 11) is 0. The number of aliphatic hydroxyl groups is 1. The Morgan fingerprint density at radius 1 is 1.56 bits per heavy atom. The third-order valence-electron chi connectivity index (χ3n) is 3.17. The number of aromatic nitrogens is 1. The average molecular weight is 269 g/mol. The molecule has 2 rings (SSSR count). The van der Waals surface area contributed by atoms with Gasteiger partial charge >= 0.3 is 0 Å². The molecule has 1 aliphatic rings. The summed E-state index contributed by atoms with van der Waals surface area (Å²) >= 11 is 1.33. The second-order valence-electron chi connectivity index (χ2n) is 4.67. The molecule has 0 spiro atoms. The largest absolute Gasteiger partial charge is 0.388 e. The Balaban J connectivity index is 1.87. The van der Waals surface area contributed by atoms with Crippen LogP contribution in [0.3, 0.4) is 0 Å². The first-order valence-electron chi connectivity index (χ1n) is 6.33. The molecular weight excluding hydrogens is 250 g/mol. The molecule has 0 atom stereocenters. The van der Waals surface area contributed by atoms with Crippen molar-refractivity contribution in [3.05, 3.63) is 11.1 Å². The van der Waals surface area contributed by atoms with Crippen LogP contribution in [0.1, 0.15) is 42.3 Å². The molecule has 1 amide bonds. The SMILES string of the molecule is CCNc1ncc(C(=O)NCC2(O)CCCC2)s1. The van der Waals surface area contributed by atoms with Crippen LogP contribution in [-0.2, 0) is 0 Å². The summed E-state index contributed by atoms with van der Waals surface area (Å²) in [6.07, 6.45) is 5.20. The molecule has 0 unspecified atom stereocenters. The Morgan fingerprint density at radius 2 is 2.28 bits per heavy atom. The number of nitrogens with zero attached hydrogens (tertiary/aromatic N) is 1. The number of carbonyl (C=O) groups excluding carboxylic acids is 1. The second kappa shape index (κ2) is 5.67. The topological polar surface area (TPSA) is 74.2 Å². The van der Waals surface area contributed by atoms with Gasteiger partial charge in [0.1, 0.15) is 4.88 Å². The van der Waals surface area contributed by atoms with E-state index in [4.69, 9.17) is 0 Å². The van der Waals surface area contributed by atoms with Crippen LogP contribution >= 0.6 is 11.3 Å². The minimum Gasteiger partial charge on any atom is -0.388 e. The van der Waals surface area contributed by atoms with Crippen molar-refractivity contribution in [3.8, 4) is 0 Å². The first-order chi connectivity index (χ1) is 8.63. The fourth-order valence-corrected chi connectivity index (χ4v) is 2.95. The normalized spacial score (nSPS) is 17.7. The van der Waals surface area contributed by atoms with Crippen LogP contribution in [0.5, 0.6) is 0 Å². The van der Waals surface area contributed by atoms with E-state index in [0.717, 1.165) is 37.4 Å². The molecular formula is C12H19N3O2S. The zero-order valence-electron chi connectivity index (χ0n) is 10.5. The standard InChI is InChI=1S/C12H19N3O2S/c1-2-13-11-14-7-9(18-11)10(16)15-8-12(17)5-3-4-6-12/h7,17H,2-6,8H2,1H3,(H,13,14)(H,15,16). The van der Waals surface area contributed by atoms with E-state index in [1.165, 1.54) is 11.3 Å². The molecule has 1 aromatic rings. The minimum atomic E-state index is -0.704. The fourth-order valence-electron chi connectivity index (χ4n) is 2.15. The highest BCUT2D eigenvalue weighted by molar-refractivity contribution is 7.17. The molecule has 5 nitrogen and oxygen atoms in total. The van der Waals surface area contributed by atoms with Crippen LogP contribution in [-0.4, -0.2) is 34.7 Å². The van der Waals surface area contributed by atoms with Crippen LogP contribution < -0.4 is 10.6 Å². The first kappa shape index (κ1) is 13.3. The lowest BCUT2D eigenvalue weighted by Crippen LogP contribution is -2.40. The van der Waals surface area contributed by atoms with Crippen molar-refractivity contribution in [2.45, 2.75) is 38.2 Å². The van der Waals surface area contributed by atoms with E-state index in [1.807, 2.05) is 6.92 Å². The van der Waals surface area contributed by atoms with Crippen molar-refractivity contribution in [3.63, 3.8) is 0 Å². The molecule has 1 aromatic heterocycles. The van der Waals surface area contributed by atoms with Gasteiger partial charge in [0.2, 0.25) is 0 Å². The lowest BCUT2D eigenvalue weighted by Gasteiger charge is -2.21. The van der Waals surface area contributed by atoms with Crippen molar-refractivity contribution in [2.24, 2.45) is 0 Å².